The third kappa shape index (κ3) is 18.2. The Bertz CT molecular complexity index is 373. The summed E-state index contributed by atoms with van der Waals surface area (Å²) in [7, 11) is 5.15. The highest BCUT2D eigenvalue weighted by Crippen LogP contribution is 2.33. The summed E-state index contributed by atoms with van der Waals surface area (Å²) in [5.74, 6) is -0.566. The lowest BCUT2D eigenvalue weighted by Crippen LogP contribution is -2.44. The van der Waals surface area contributed by atoms with Crippen molar-refractivity contribution in [1.29, 1.82) is 0 Å². The number of unbranched alkanes of at least 4 members (excludes halogenated alkanes) is 20. The van der Waals surface area contributed by atoms with E-state index in [0.29, 0.717) is 5.92 Å². The van der Waals surface area contributed by atoms with Crippen molar-refractivity contribution >= 4 is 0 Å². The SMILES string of the molecule is CCCCCCCCCCCCCCCCCCC(CCCCCCCC)C(OC)(OC)OC. The zero-order valence-corrected chi connectivity index (χ0v) is 24.3. The van der Waals surface area contributed by atoms with Gasteiger partial charge in [0.1, 0.15) is 0 Å². The maximum Gasteiger partial charge on any atom is 0.285 e. The fourth-order valence-corrected chi connectivity index (χ4v) is 5.36. The van der Waals surface area contributed by atoms with E-state index in [-0.39, 0.29) is 0 Å². The lowest BCUT2D eigenvalue weighted by molar-refractivity contribution is -0.380. The van der Waals surface area contributed by atoms with Gasteiger partial charge < -0.3 is 14.2 Å². The molecule has 0 amide bonds. The van der Waals surface area contributed by atoms with Crippen LogP contribution in [0.3, 0.4) is 0 Å². The minimum absolute atomic E-state index is 0.310. The van der Waals surface area contributed by atoms with Crippen LogP contribution in [0.4, 0.5) is 0 Å². The van der Waals surface area contributed by atoms with Gasteiger partial charge in [0.2, 0.25) is 0 Å². The Hall–Kier alpha value is -0.120. The molecule has 0 aliphatic heterocycles. The molecular weight excluding hydrogens is 420 g/mol. The minimum atomic E-state index is -0.876. The van der Waals surface area contributed by atoms with Gasteiger partial charge in [0.05, 0.1) is 0 Å². The van der Waals surface area contributed by atoms with Crippen LogP contribution in [0.15, 0.2) is 0 Å². The summed E-state index contributed by atoms with van der Waals surface area (Å²) in [5, 5.41) is 0. The number of hydrogen-bond acceptors (Lipinski definition) is 3. The molecule has 206 valence electrons. The molecule has 0 N–H and O–H groups in total. The summed E-state index contributed by atoms with van der Waals surface area (Å²) in [4.78, 5) is 0. The maximum atomic E-state index is 5.73. The van der Waals surface area contributed by atoms with Gasteiger partial charge >= 0.3 is 0 Å². The normalized spacial score (nSPS) is 13.0. The van der Waals surface area contributed by atoms with Gasteiger partial charge in [-0.25, -0.2) is 0 Å². The number of hydrogen-bond donors (Lipinski definition) is 0. The summed E-state index contributed by atoms with van der Waals surface area (Å²) in [5.41, 5.74) is 0. The molecule has 3 heteroatoms. The van der Waals surface area contributed by atoms with Crippen LogP contribution in [0.5, 0.6) is 0 Å². The van der Waals surface area contributed by atoms with E-state index in [4.69, 9.17) is 14.2 Å². The summed E-state index contributed by atoms with van der Waals surface area (Å²) in [6.45, 7) is 4.57. The molecule has 0 heterocycles. The topological polar surface area (TPSA) is 27.7 Å². The van der Waals surface area contributed by atoms with Crippen molar-refractivity contribution in [2.45, 2.75) is 174 Å². The summed E-state index contributed by atoms with van der Waals surface area (Å²) < 4.78 is 17.2. The largest absolute Gasteiger partial charge is 0.331 e. The molecule has 0 fully saturated rings. The number of ether oxygens (including phenoxy) is 3. The lowest BCUT2D eigenvalue weighted by atomic mass is 9.91. The molecule has 0 aromatic heterocycles. The van der Waals surface area contributed by atoms with E-state index in [9.17, 15) is 0 Å². The first kappa shape index (κ1) is 33.9. The van der Waals surface area contributed by atoms with Crippen LogP contribution in [-0.2, 0) is 14.2 Å². The third-order valence-corrected chi connectivity index (χ3v) is 7.67. The quantitative estimate of drug-likeness (QED) is 0.0816. The van der Waals surface area contributed by atoms with E-state index >= 15 is 0 Å². The second-order valence-electron chi connectivity index (χ2n) is 10.6. The summed E-state index contributed by atoms with van der Waals surface area (Å²) >= 11 is 0. The Kier molecular flexibility index (Phi) is 25.9. The average Bonchev–Trinajstić information content (AvgIpc) is 2.86. The van der Waals surface area contributed by atoms with Crippen LogP contribution in [0.1, 0.15) is 168 Å². The first-order valence-electron chi connectivity index (χ1n) is 15.4. The Labute approximate surface area is 215 Å². The molecule has 3 nitrogen and oxygen atoms in total. The van der Waals surface area contributed by atoms with Crippen LogP contribution < -0.4 is 0 Å². The fraction of sp³-hybridized carbons (Fsp3) is 1.00. The molecule has 0 spiro atoms. The first-order chi connectivity index (χ1) is 16.7. The zero-order chi connectivity index (χ0) is 25.2. The van der Waals surface area contributed by atoms with Crippen molar-refractivity contribution in [3.8, 4) is 0 Å². The molecule has 0 bridgehead atoms. The highest BCUT2D eigenvalue weighted by molar-refractivity contribution is 4.72. The molecule has 0 rings (SSSR count). The van der Waals surface area contributed by atoms with Crippen molar-refractivity contribution < 1.29 is 14.2 Å². The van der Waals surface area contributed by atoms with Gasteiger partial charge in [0.15, 0.2) is 0 Å². The first-order valence-corrected chi connectivity index (χ1v) is 15.4. The molecule has 34 heavy (non-hydrogen) atoms. The third-order valence-electron chi connectivity index (χ3n) is 7.67. The van der Waals surface area contributed by atoms with E-state index in [1.54, 1.807) is 21.3 Å². The second-order valence-corrected chi connectivity index (χ2v) is 10.6. The molecule has 1 unspecified atom stereocenters. The predicted octanol–water partition coefficient (Wildman–Crippen LogP) is 10.6. The van der Waals surface area contributed by atoms with Crippen molar-refractivity contribution in [3.05, 3.63) is 0 Å². The Morgan fingerprint density at radius 2 is 0.618 bits per heavy atom. The van der Waals surface area contributed by atoms with Crippen LogP contribution in [-0.4, -0.2) is 27.3 Å². The molecule has 0 saturated carbocycles. The van der Waals surface area contributed by atoms with Crippen molar-refractivity contribution in [2.24, 2.45) is 5.92 Å². The Morgan fingerprint density at radius 3 is 0.853 bits per heavy atom. The zero-order valence-electron chi connectivity index (χ0n) is 24.3. The van der Waals surface area contributed by atoms with E-state index in [1.807, 2.05) is 0 Å². The number of rotatable bonds is 28. The van der Waals surface area contributed by atoms with E-state index in [1.165, 1.54) is 141 Å². The smallest absolute Gasteiger partial charge is 0.285 e. The van der Waals surface area contributed by atoms with Gasteiger partial charge in [-0.2, -0.15) is 0 Å². The highest BCUT2D eigenvalue weighted by Gasteiger charge is 2.39. The summed E-state index contributed by atoms with van der Waals surface area (Å²) in [6.07, 6.45) is 32.7. The second kappa shape index (κ2) is 26.0. The lowest BCUT2D eigenvalue weighted by Gasteiger charge is -2.36. The highest BCUT2D eigenvalue weighted by atomic mass is 16.9. The van der Waals surface area contributed by atoms with Crippen LogP contribution >= 0.6 is 0 Å². The van der Waals surface area contributed by atoms with Gasteiger partial charge in [-0.15, -0.1) is 0 Å². The minimum Gasteiger partial charge on any atom is -0.331 e. The van der Waals surface area contributed by atoms with Crippen molar-refractivity contribution in [1.82, 2.24) is 0 Å². The molecule has 0 aliphatic carbocycles. The molecule has 1 atom stereocenters. The molecule has 0 radical (unpaired) electrons. The van der Waals surface area contributed by atoms with Gasteiger partial charge in [-0.1, -0.05) is 155 Å². The molecule has 0 saturated heterocycles. The van der Waals surface area contributed by atoms with E-state index in [2.05, 4.69) is 13.8 Å². The summed E-state index contributed by atoms with van der Waals surface area (Å²) in [6, 6.07) is 0. The monoisotopic (exact) mass is 484 g/mol. The Morgan fingerprint density at radius 1 is 0.382 bits per heavy atom. The predicted molar refractivity (Wildman–Crippen MR) is 149 cm³/mol. The van der Waals surface area contributed by atoms with Crippen molar-refractivity contribution in [3.63, 3.8) is 0 Å². The van der Waals surface area contributed by atoms with Crippen LogP contribution in [0.2, 0.25) is 0 Å². The van der Waals surface area contributed by atoms with Gasteiger partial charge in [-0.05, 0) is 12.8 Å². The van der Waals surface area contributed by atoms with Crippen LogP contribution in [0.25, 0.3) is 0 Å². The average molecular weight is 485 g/mol. The van der Waals surface area contributed by atoms with Gasteiger partial charge in [-0.3, -0.25) is 0 Å². The van der Waals surface area contributed by atoms with Gasteiger partial charge in [0, 0.05) is 27.2 Å². The Balaban J connectivity index is 3.83. The van der Waals surface area contributed by atoms with E-state index < -0.39 is 5.97 Å². The van der Waals surface area contributed by atoms with Crippen LogP contribution in [0, 0.1) is 5.92 Å². The van der Waals surface area contributed by atoms with Crippen molar-refractivity contribution in [2.75, 3.05) is 21.3 Å². The molecular formula is C31H64O3. The molecule has 0 aliphatic rings. The standard InChI is InChI=1S/C31H64O3/c1-6-8-10-12-14-15-16-17-18-19-20-21-22-23-25-27-29-30(31(32-3,33-4)34-5)28-26-24-13-11-9-7-2/h30H,6-29H2,1-5H3. The molecule has 0 aromatic rings. The maximum absolute atomic E-state index is 5.73. The number of methoxy groups -OCH3 is 3. The molecule has 0 aromatic carbocycles. The fourth-order valence-electron chi connectivity index (χ4n) is 5.36. The van der Waals surface area contributed by atoms with Gasteiger partial charge in [0.25, 0.3) is 5.97 Å². The van der Waals surface area contributed by atoms with E-state index in [0.717, 1.165) is 12.8 Å².